The van der Waals surface area contributed by atoms with Gasteiger partial charge in [-0.3, -0.25) is 14.4 Å². The van der Waals surface area contributed by atoms with E-state index in [1.165, 1.54) is 0 Å². The molecule has 3 heterocycles. The Bertz CT molecular complexity index is 923. The van der Waals surface area contributed by atoms with Crippen LogP contribution in [0.3, 0.4) is 0 Å². The van der Waals surface area contributed by atoms with Crippen molar-refractivity contribution in [1.82, 2.24) is 15.1 Å². The van der Waals surface area contributed by atoms with Gasteiger partial charge in [-0.05, 0) is 43.1 Å². The second kappa shape index (κ2) is 9.66. The lowest BCUT2D eigenvalue weighted by atomic mass is 9.80. The maximum Gasteiger partial charge on any atom is 0.251 e. The van der Waals surface area contributed by atoms with Gasteiger partial charge >= 0.3 is 0 Å². The van der Waals surface area contributed by atoms with Crippen molar-refractivity contribution in [2.24, 2.45) is 11.3 Å². The van der Waals surface area contributed by atoms with Crippen molar-refractivity contribution in [3.63, 3.8) is 0 Å². The van der Waals surface area contributed by atoms with Gasteiger partial charge in [0.2, 0.25) is 5.91 Å². The Kier molecular flexibility index (Phi) is 7.01. The van der Waals surface area contributed by atoms with Crippen LogP contribution >= 0.6 is 0 Å². The molecule has 3 saturated heterocycles. The maximum absolute atomic E-state index is 13.7. The van der Waals surface area contributed by atoms with Crippen LogP contribution in [0.4, 0.5) is 5.69 Å². The van der Waals surface area contributed by atoms with Gasteiger partial charge in [-0.15, -0.1) is 0 Å². The lowest BCUT2D eigenvalue weighted by molar-refractivity contribution is -0.140. The summed E-state index contributed by atoms with van der Waals surface area (Å²) in [5.74, 6) is -0.444. The molecule has 1 aromatic carbocycles. The van der Waals surface area contributed by atoms with E-state index in [4.69, 9.17) is 4.74 Å². The zero-order valence-corrected chi connectivity index (χ0v) is 21.0. The number of nitrogens with one attached hydrogen (secondary N) is 1. The normalized spacial score (nSPS) is 26.5. The van der Waals surface area contributed by atoms with Crippen LogP contribution in [0.5, 0.6) is 0 Å². The minimum atomic E-state index is -0.735. The minimum absolute atomic E-state index is 0.0529. The molecule has 1 aromatic rings. The van der Waals surface area contributed by atoms with Crippen molar-refractivity contribution in [3.05, 3.63) is 29.8 Å². The second-order valence-corrected chi connectivity index (χ2v) is 10.7. The average molecular weight is 471 g/mol. The molecule has 0 saturated carbocycles. The standard InChI is InChI=1S/C26H38N4O4/c1-6-26(3,4)23(25(33)30-15-17(2)22-21(30)20(31)16-34-22)27-24(32)18-7-9-19(10-8-18)29-13-11-28(5)12-14-29/h7-10,17,21-23H,6,11-16H2,1-5H3,(H,27,32)/t17-,21+,22+,23+/m0/s1. The molecule has 4 atom stereocenters. The number of benzene rings is 1. The summed E-state index contributed by atoms with van der Waals surface area (Å²) in [6.07, 6.45) is 0.452. The van der Waals surface area contributed by atoms with E-state index in [0.29, 0.717) is 18.5 Å². The maximum atomic E-state index is 13.7. The Morgan fingerprint density at radius 2 is 1.79 bits per heavy atom. The lowest BCUT2D eigenvalue weighted by Crippen LogP contribution is -2.57. The van der Waals surface area contributed by atoms with E-state index in [1.54, 1.807) is 4.90 Å². The quantitative estimate of drug-likeness (QED) is 0.683. The Balaban J connectivity index is 1.49. The van der Waals surface area contributed by atoms with Gasteiger partial charge in [-0.2, -0.15) is 0 Å². The molecule has 1 N–H and O–H groups in total. The number of ketones is 1. The minimum Gasteiger partial charge on any atom is -0.369 e. The number of amides is 2. The number of carbonyl (C=O) groups is 3. The third-order valence-electron chi connectivity index (χ3n) is 7.94. The van der Waals surface area contributed by atoms with Gasteiger partial charge < -0.3 is 24.8 Å². The number of nitrogens with zero attached hydrogens (tertiary/aromatic N) is 3. The number of hydrogen-bond donors (Lipinski definition) is 1. The molecule has 0 aliphatic carbocycles. The first kappa shape index (κ1) is 24.7. The molecule has 0 bridgehead atoms. The first-order valence-corrected chi connectivity index (χ1v) is 12.4. The monoisotopic (exact) mass is 470 g/mol. The van der Waals surface area contributed by atoms with Crippen molar-refractivity contribution in [3.8, 4) is 0 Å². The summed E-state index contributed by atoms with van der Waals surface area (Å²) in [5.41, 5.74) is 1.15. The van der Waals surface area contributed by atoms with Crippen LogP contribution < -0.4 is 10.2 Å². The Labute approximate surface area is 202 Å². The lowest BCUT2D eigenvalue weighted by Gasteiger charge is -2.37. The summed E-state index contributed by atoms with van der Waals surface area (Å²) in [4.78, 5) is 45.7. The molecule has 2 amide bonds. The van der Waals surface area contributed by atoms with Crippen LogP contribution in [0.25, 0.3) is 0 Å². The highest BCUT2D eigenvalue weighted by molar-refractivity contribution is 5.99. The van der Waals surface area contributed by atoms with Crippen molar-refractivity contribution in [2.45, 2.75) is 52.3 Å². The molecule has 3 aliphatic heterocycles. The highest BCUT2D eigenvalue weighted by atomic mass is 16.5. The van der Waals surface area contributed by atoms with E-state index in [0.717, 1.165) is 31.9 Å². The first-order valence-electron chi connectivity index (χ1n) is 12.4. The largest absolute Gasteiger partial charge is 0.369 e. The topological polar surface area (TPSA) is 82.2 Å². The zero-order valence-electron chi connectivity index (χ0n) is 21.0. The molecule has 0 spiro atoms. The van der Waals surface area contributed by atoms with Crippen LogP contribution in [0.15, 0.2) is 24.3 Å². The molecule has 186 valence electrons. The van der Waals surface area contributed by atoms with E-state index in [9.17, 15) is 14.4 Å². The van der Waals surface area contributed by atoms with Crippen LogP contribution in [0.1, 0.15) is 44.5 Å². The van der Waals surface area contributed by atoms with Crippen LogP contribution in [0, 0.1) is 11.3 Å². The number of rotatable bonds is 6. The second-order valence-electron chi connectivity index (χ2n) is 10.7. The van der Waals surface area contributed by atoms with Gasteiger partial charge in [-0.1, -0.05) is 27.7 Å². The van der Waals surface area contributed by atoms with E-state index in [2.05, 4.69) is 22.2 Å². The molecule has 8 nitrogen and oxygen atoms in total. The fourth-order valence-electron chi connectivity index (χ4n) is 5.18. The number of likely N-dealkylation sites (tertiary alicyclic amines) is 1. The molecule has 0 unspecified atom stereocenters. The number of hydrogen-bond acceptors (Lipinski definition) is 6. The van der Waals surface area contributed by atoms with E-state index in [1.807, 2.05) is 52.0 Å². The smallest absolute Gasteiger partial charge is 0.251 e. The predicted octanol–water partition coefficient (Wildman–Crippen LogP) is 1.79. The fourth-order valence-corrected chi connectivity index (χ4v) is 5.18. The number of fused-ring (bicyclic) bond motifs is 1. The van der Waals surface area contributed by atoms with Gasteiger partial charge in [0.05, 0.1) is 6.10 Å². The highest BCUT2D eigenvalue weighted by Crippen LogP contribution is 2.35. The number of Topliss-reactive ketones (excluding diaryl/α,β-unsaturated/α-hetero) is 1. The average Bonchev–Trinajstić information content (AvgIpc) is 3.37. The van der Waals surface area contributed by atoms with Gasteiger partial charge in [0.1, 0.15) is 18.7 Å². The number of anilines is 1. The van der Waals surface area contributed by atoms with Crippen LogP contribution in [-0.4, -0.2) is 92.0 Å². The van der Waals surface area contributed by atoms with E-state index < -0.39 is 17.5 Å². The van der Waals surface area contributed by atoms with Crippen molar-refractivity contribution >= 4 is 23.3 Å². The highest BCUT2D eigenvalue weighted by Gasteiger charge is 2.52. The Hall–Kier alpha value is -2.45. The third-order valence-corrected chi connectivity index (χ3v) is 7.94. The van der Waals surface area contributed by atoms with Gasteiger partial charge in [0, 0.05) is 49.9 Å². The van der Waals surface area contributed by atoms with E-state index >= 15 is 0 Å². The van der Waals surface area contributed by atoms with E-state index in [-0.39, 0.29) is 36.2 Å². The number of piperazine rings is 1. The molecular weight excluding hydrogens is 432 g/mol. The SMILES string of the molecule is CCC(C)(C)[C@H](NC(=O)c1ccc(N2CCN(C)CC2)cc1)C(=O)N1C[C@H](C)[C@H]2OCC(=O)[C@H]21. The molecule has 4 rings (SSSR count). The van der Waals surface area contributed by atoms with Crippen LogP contribution in [0.2, 0.25) is 0 Å². The first-order chi connectivity index (χ1) is 16.1. The molecule has 3 aliphatic rings. The predicted molar refractivity (Wildman–Crippen MR) is 131 cm³/mol. The Morgan fingerprint density at radius 1 is 1.15 bits per heavy atom. The zero-order chi connectivity index (χ0) is 24.6. The molecular formula is C26H38N4O4. The van der Waals surface area contributed by atoms with Gasteiger partial charge in [0.25, 0.3) is 5.91 Å². The molecule has 0 radical (unpaired) electrons. The number of carbonyl (C=O) groups excluding carboxylic acids is 3. The summed E-state index contributed by atoms with van der Waals surface area (Å²) in [6, 6.07) is 6.32. The van der Waals surface area contributed by atoms with Gasteiger partial charge in [-0.25, -0.2) is 0 Å². The summed E-state index contributed by atoms with van der Waals surface area (Å²) >= 11 is 0. The number of ether oxygens (including phenoxy) is 1. The van der Waals surface area contributed by atoms with Crippen molar-refractivity contribution in [2.75, 3.05) is 51.3 Å². The summed E-state index contributed by atoms with van der Waals surface area (Å²) in [5, 5.41) is 3.01. The Morgan fingerprint density at radius 3 is 2.41 bits per heavy atom. The van der Waals surface area contributed by atoms with Crippen LogP contribution in [-0.2, 0) is 14.3 Å². The molecule has 0 aromatic heterocycles. The van der Waals surface area contributed by atoms with Crippen molar-refractivity contribution in [1.29, 1.82) is 0 Å². The van der Waals surface area contributed by atoms with Gasteiger partial charge in [0.15, 0.2) is 5.78 Å². The third kappa shape index (κ3) is 4.70. The number of likely N-dealkylation sites (N-methyl/N-ethyl adjacent to an activating group) is 1. The molecule has 3 fully saturated rings. The summed E-state index contributed by atoms with van der Waals surface area (Å²) < 4.78 is 5.65. The summed E-state index contributed by atoms with van der Waals surface area (Å²) in [6.45, 7) is 12.5. The summed E-state index contributed by atoms with van der Waals surface area (Å²) in [7, 11) is 2.12. The molecule has 8 heteroatoms. The fraction of sp³-hybridized carbons (Fsp3) is 0.654. The molecule has 34 heavy (non-hydrogen) atoms. The van der Waals surface area contributed by atoms with Crippen molar-refractivity contribution < 1.29 is 19.1 Å².